The van der Waals surface area contributed by atoms with Crippen molar-refractivity contribution in [1.82, 2.24) is 9.97 Å². The zero-order valence-corrected chi connectivity index (χ0v) is 10.9. The van der Waals surface area contributed by atoms with Crippen LogP contribution in [0, 0.1) is 12.8 Å². The molecule has 0 aliphatic heterocycles. The molecule has 2 rings (SSSR count). The molecule has 4 heteroatoms. The molecule has 4 nitrogen and oxygen atoms in total. The van der Waals surface area contributed by atoms with E-state index in [1.165, 1.54) is 25.7 Å². The lowest BCUT2D eigenvalue weighted by molar-refractivity contribution is 0.357. The van der Waals surface area contributed by atoms with Gasteiger partial charge in [-0.3, -0.25) is 0 Å². The van der Waals surface area contributed by atoms with Gasteiger partial charge in [-0.2, -0.15) is 0 Å². The standard InChI is InChI=1S/C13H21N3O/c1-9-5-4-6-11(7-9)16-12-10(2)13(17-3)15-8-14-12/h8-9,11H,4-7H2,1-3H3,(H,14,15,16). The van der Waals surface area contributed by atoms with Crippen LogP contribution < -0.4 is 10.1 Å². The first-order valence-electron chi connectivity index (χ1n) is 6.33. The Kier molecular flexibility index (Phi) is 3.82. The maximum atomic E-state index is 5.20. The minimum atomic E-state index is 0.539. The molecule has 0 aromatic carbocycles. The van der Waals surface area contributed by atoms with Crippen molar-refractivity contribution >= 4 is 5.82 Å². The summed E-state index contributed by atoms with van der Waals surface area (Å²) in [5, 5.41) is 3.52. The van der Waals surface area contributed by atoms with Gasteiger partial charge in [0.15, 0.2) is 0 Å². The van der Waals surface area contributed by atoms with Crippen LogP contribution in [0.15, 0.2) is 6.33 Å². The number of anilines is 1. The van der Waals surface area contributed by atoms with Gasteiger partial charge in [-0.25, -0.2) is 9.97 Å². The number of methoxy groups -OCH3 is 1. The summed E-state index contributed by atoms with van der Waals surface area (Å²) in [7, 11) is 1.64. The highest BCUT2D eigenvalue weighted by Gasteiger charge is 2.20. The Hall–Kier alpha value is -1.32. The quantitative estimate of drug-likeness (QED) is 0.875. The number of nitrogens with one attached hydrogen (secondary N) is 1. The lowest BCUT2D eigenvalue weighted by Crippen LogP contribution is -2.27. The van der Waals surface area contributed by atoms with E-state index in [4.69, 9.17) is 4.74 Å². The number of aromatic nitrogens is 2. The Morgan fingerprint density at radius 3 is 2.88 bits per heavy atom. The molecule has 0 radical (unpaired) electrons. The zero-order valence-electron chi connectivity index (χ0n) is 10.9. The first kappa shape index (κ1) is 12.1. The molecule has 1 saturated carbocycles. The molecule has 1 aromatic heterocycles. The summed E-state index contributed by atoms with van der Waals surface area (Å²) in [6, 6.07) is 0.539. The van der Waals surface area contributed by atoms with Crippen molar-refractivity contribution in [2.75, 3.05) is 12.4 Å². The van der Waals surface area contributed by atoms with E-state index in [2.05, 4.69) is 22.2 Å². The minimum absolute atomic E-state index is 0.539. The highest BCUT2D eigenvalue weighted by molar-refractivity contribution is 5.48. The number of nitrogens with zero attached hydrogens (tertiary/aromatic N) is 2. The molecule has 1 aliphatic carbocycles. The van der Waals surface area contributed by atoms with Crippen molar-refractivity contribution in [2.45, 2.75) is 45.6 Å². The van der Waals surface area contributed by atoms with Crippen LogP contribution in [0.5, 0.6) is 5.88 Å². The molecule has 0 spiro atoms. The van der Waals surface area contributed by atoms with Crippen molar-refractivity contribution < 1.29 is 4.74 Å². The third-order valence-corrected chi connectivity index (χ3v) is 3.51. The van der Waals surface area contributed by atoms with Crippen molar-refractivity contribution in [3.05, 3.63) is 11.9 Å². The molecule has 1 N–H and O–H groups in total. The van der Waals surface area contributed by atoms with E-state index in [0.717, 1.165) is 17.3 Å². The number of hydrogen-bond donors (Lipinski definition) is 1. The van der Waals surface area contributed by atoms with E-state index in [0.29, 0.717) is 11.9 Å². The largest absolute Gasteiger partial charge is 0.481 e. The minimum Gasteiger partial charge on any atom is -0.481 e. The van der Waals surface area contributed by atoms with Gasteiger partial charge >= 0.3 is 0 Å². The van der Waals surface area contributed by atoms with E-state index < -0.39 is 0 Å². The van der Waals surface area contributed by atoms with Gasteiger partial charge in [-0.05, 0) is 25.7 Å². The van der Waals surface area contributed by atoms with Crippen LogP contribution in [0.25, 0.3) is 0 Å². The van der Waals surface area contributed by atoms with E-state index in [-0.39, 0.29) is 0 Å². The van der Waals surface area contributed by atoms with Gasteiger partial charge in [0.25, 0.3) is 0 Å². The molecule has 17 heavy (non-hydrogen) atoms. The maximum Gasteiger partial charge on any atom is 0.221 e. The second-order valence-electron chi connectivity index (χ2n) is 4.97. The molecule has 1 fully saturated rings. The molecule has 0 amide bonds. The maximum absolute atomic E-state index is 5.20. The summed E-state index contributed by atoms with van der Waals surface area (Å²) in [6.45, 7) is 4.31. The molecule has 2 unspecified atom stereocenters. The molecule has 1 aliphatic rings. The number of hydrogen-bond acceptors (Lipinski definition) is 4. The first-order valence-corrected chi connectivity index (χ1v) is 6.33. The molecule has 2 atom stereocenters. The molecule has 1 aromatic rings. The van der Waals surface area contributed by atoms with Crippen molar-refractivity contribution in [2.24, 2.45) is 5.92 Å². The van der Waals surface area contributed by atoms with Gasteiger partial charge in [0.05, 0.1) is 12.7 Å². The fourth-order valence-electron chi connectivity index (χ4n) is 2.54. The topological polar surface area (TPSA) is 47.0 Å². The van der Waals surface area contributed by atoms with E-state index >= 15 is 0 Å². The van der Waals surface area contributed by atoms with Crippen LogP contribution in [0.1, 0.15) is 38.2 Å². The summed E-state index contributed by atoms with van der Waals surface area (Å²) in [6.07, 6.45) is 6.67. The average Bonchev–Trinajstić information content (AvgIpc) is 2.32. The third kappa shape index (κ3) is 2.87. The second kappa shape index (κ2) is 5.34. The monoisotopic (exact) mass is 235 g/mol. The van der Waals surface area contributed by atoms with Gasteiger partial charge in [-0.15, -0.1) is 0 Å². The van der Waals surface area contributed by atoms with Gasteiger partial charge in [0.1, 0.15) is 12.1 Å². The Labute approximate surface area is 103 Å². The fourth-order valence-corrected chi connectivity index (χ4v) is 2.54. The second-order valence-corrected chi connectivity index (χ2v) is 4.97. The zero-order chi connectivity index (χ0) is 12.3. The van der Waals surface area contributed by atoms with E-state index in [1.54, 1.807) is 13.4 Å². The third-order valence-electron chi connectivity index (χ3n) is 3.51. The van der Waals surface area contributed by atoms with Gasteiger partial charge in [0.2, 0.25) is 5.88 Å². The molecule has 1 heterocycles. The summed E-state index contributed by atoms with van der Waals surface area (Å²) < 4.78 is 5.20. The van der Waals surface area contributed by atoms with E-state index in [1.807, 2.05) is 6.92 Å². The average molecular weight is 235 g/mol. The van der Waals surface area contributed by atoms with Gasteiger partial charge in [0, 0.05) is 6.04 Å². The molecule has 0 saturated heterocycles. The first-order chi connectivity index (χ1) is 8.20. The molecule has 0 bridgehead atoms. The summed E-state index contributed by atoms with van der Waals surface area (Å²) in [4.78, 5) is 8.40. The Balaban J connectivity index is 2.07. The SMILES string of the molecule is COc1ncnc(NC2CCCC(C)C2)c1C. The molecule has 94 valence electrons. The van der Waals surface area contributed by atoms with Crippen LogP contribution in [0.3, 0.4) is 0 Å². The number of rotatable bonds is 3. The van der Waals surface area contributed by atoms with Gasteiger partial charge < -0.3 is 10.1 Å². The van der Waals surface area contributed by atoms with Crippen molar-refractivity contribution in [3.63, 3.8) is 0 Å². The lowest BCUT2D eigenvalue weighted by Gasteiger charge is -2.28. The fraction of sp³-hybridized carbons (Fsp3) is 0.692. The lowest BCUT2D eigenvalue weighted by atomic mass is 9.87. The van der Waals surface area contributed by atoms with Crippen LogP contribution in [-0.2, 0) is 0 Å². The van der Waals surface area contributed by atoms with Crippen molar-refractivity contribution in [1.29, 1.82) is 0 Å². The van der Waals surface area contributed by atoms with Gasteiger partial charge in [-0.1, -0.05) is 19.8 Å². The highest BCUT2D eigenvalue weighted by Crippen LogP contribution is 2.27. The predicted octanol–water partition coefficient (Wildman–Crippen LogP) is 2.78. The smallest absolute Gasteiger partial charge is 0.221 e. The summed E-state index contributed by atoms with van der Waals surface area (Å²) in [5.41, 5.74) is 0.994. The van der Waals surface area contributed by atoms with Crippen molar-refractivity contribution in [3.8, 4) is 5.88 Å². The van der Waals surface area contributed by atoms with Crippen LogP contribution >= 0.6 is 0 Å². The normalized spacial score (nSPS) is 24.4. The Bertz CT molecular complexity index is 381. The highest BCUT2D eigenvalue weighted by atomic mass is 16.5. The Morgan fingerprint density at radius 1 is 1.35 bits per heavy atom. The van der Waals surface area contributed by atoms with Crippen LogP contribution in [-0.4, -0.2) is 23.1 Å². The Morgan fingerprint density at radius 2 is 2.18 bits per heavy atom. The summed E-state index contributed by atoms with van der Waals surface area (Å²) in [5.74, 6) is 2.38. The molecular weight excluding hydrogens is 214 g/mol. The predicted molar refractivity (Wildman–Crippen MR) is 68.4 cm³/mol. The van der Waals surface area contributed by atoms with Crippen LogP contribution in [0.4, 0.5) is 5.82 Å². The summed E-state index contributed by atoms with van der Waals surface area (Å²) >= 11 is 0. The van der Waals surface area contributed by atoms with Crippen LogP contribution in [0.2, 0.25) is 0 Å². The molecular formula is C13H21N3O. The number of ether oxygens (including phenoxy) is 1. The van der Waals surface area contributed by atoms with E-state index in [9.17, 15) is 0 Å².